The lowest BCUT2D eigenvalue weighted by atomic mass is 10.0. The molecule has 0 saturated carbocycles. The maximum Gasteiger partial charge on any atom is 0.236 e. The van der Waals surface area contributed by atoms with Crippen LogP contribution in [0.15, 0.2) is 30.6 Å². The summed E-state index contributed by atoms with van der Waals surface area (Å²) in [6.07, 6.45) is 5.51. The molecule has 9 heteroatoms. The van der Waals surface area contributed by atoms with Gasteiger partial charge < -0.3 is 15.2 Å². The molecule has 1 amide bonds. The number of piperidine rings is 1. The Labute approximate surface area is 198 Å². The number of pyridine rings is 3. The number of nitrogen functional groups attached to an aromatic ring is 1. The summed E-state index contributed by atoms with van der Waals surface area (Å²) >= 11 is 0. The fourth-order valence-electron chi connectivity index (χ4n) is 4.75. The lowest BCUT2D eigenvalue weighted by molar-refractivity contribution is -0.130. The van der Waals surface area contributed by atoms with E-state index in [-0.39, 0.29) is 5.91 Å². The van der Waals surface area contributed by atoms with E-state index in [0.29, 0.717) is 18.4 Å². The van der Waals surface area contributed by atoms with Crippen LogP contribution >= 0.6 is 0 Å². The summed E-state index contributed by atoms with van der Waals surface area (Å²) in [4.78, 5) is 34.8. The van der Waals surface area contributed by atoms with Crippen molar-refractivity contribution >= 4 is 33.8 Å². The Morgan fingerprint density at radius 3 is 2.56 bits per heavy atom. The van der Waals surface area contributed by atoms with E-state index in [1.807, 2.05) is 38.2 Å². The van der Waals surface area contributed by atoms with Crippen LogP contribution in [0.25, 0.3) is 33.3 Å². The third-order valence-corrected chi connectivity index (χ3v) is 6.73. The van der Waals surface area contributed by atoms with Gasteiger partial charge in [0.05, 0.1) is 29.5 Å². The third-order valence-electron chi connectivity index (χ3n) is 6.73. The predicted molar refractivity (Wildman–Crippen MR) is 133 cm³/mol. The first kappa shape index (κ1) is 22.2. The van der Waals surface area contributed by atoms with Crippen LogP contribution in [0.5, 0.6) is 0 Å². The second-order valence-electron chi connectivity index (χ2n) is 9.31. The predicted octanol–water partition coefficient (Wildman–Crippen LogP) is 2.97. The number of fused-ring (bicyclic) bond motifs is 3. The summed E-state index contributed by atoms with van der Waals surface area (Å²) < 4.78 is 2.33. The number of hydrogen-bond acceptors (Lipinski definition) is 7. The minimum absolute atomic E-state index is 0.143. The van der Waals surface area contributed by atoms with Crippen molar-refractivity contribution < 1.29 is 4.79 Å². The van der Waals surface area contributed by atoms with E-state index >= 15 is 0 Å². The maximum atomic E-state index is 12.1. The van der Waals surface area contributed by atoms with Crippen molar-refractivity contribution in [2.24, 2.45) is 0 Å². The molecule has 0 aliphatic carbocycles. The Kier molecular flexibility index (Phi) is 5.65. The summed E-state index contributed by atoms with van der Waals surface area (Å²) in [6.45, 7) is 6.22. The van der Waals surface area contributed by atoms with Gasteiger partial charge in [0, 0.05) is 45.0 Å². The molecule has 176 valence electrons. The van der Waals surface area contributed by atoms with Gasteiger partial charge in [-0.25, -0.2) is 15.0 Å². The molecule has 0 atom stereocenters. The Balaban J connectivity index is 1.52. The lowest BCUT2D eigenvalue weighted by Gasteiger charge is -2.33. The first-order chi connectivity index (χ1) is 16.3. The van der Waals surface area contributed by atoms with Crippen LogP contribution in [0.3, 0.4) is 0 Å². The van der Waals surface area contributed by atoms with Crippen LogP contribution in [0.2, 0.25) is 0 Å². The van der Waals surface area contributed by atoms with Crippen molar-refractivity contribution in [1.29, 1.82) is 0 Å². The molecule has 0 radical (unpaired) electrons. The molecule has 1 aliphatic heterocycles. The van der Waals surface area contributed by atoms with E-state index in [0.717, 1.165) is 70.6 Å². The first-order valence-electron chi connectivity index (χ1n) is 11.6. The molecular weight excluding hydrogens is 428 g/mol. The van der Waals surface area contributed by atoms with E-state index in [2.05, 4.69) is 19.4 Å². The average molecular weight is 459 g/mol. The van der Waals surface area contributed by atoms with Gasteiger partial charge in [-0.05, 0) is 50.5 Å². The number of aryl methyl sites for hydroxylation is 2. The van der Waals surface area contributed by atoms with Gasteiger partial charge in [-0.2, -0.15) is 0 Å². The number of rotatable bonds is 4. The summed E-state index contributed by atoms with van der Waals surface area (Å²) in [5, 5.41) is 0. The van der Waals surface area contributed by atoms with Gasteiger partial charge in [0.25, 0.3) is 0 Å². The van der Waals surface area contributed by atoms with Gasteiger partial charge in [0.1, 0.15) is 22.7 Å². The molecule has 2 N–H and O–H groups in total. The average Bonchev–Trinajstić information content (AvgIpc) is 3.17. The van der Waals surface area contributed by atoms with Gasteiger partial charge in [0.2, 0.25) is 5.91 Å². The fourth-order valence-corrected chi connectivity index (χ4v) is 4.75. The number of imidazole rings is 1. The van der Waals surface area contributed by atoms with Gasteiger partial charge in [0.15, 0.2) is 0 Å². The van der Waals surface area contributed by atoms with Crippen molar-refractivity contribution in [1.82, 2.24) is 34.3 Å². The first-order valence-corrected chi connectivity index (χ1v) is 11.6. The summed E-state index contributed by atoms with van der Waals surface area (Å²) in [7, 11) is 3.61. The second kappa shape index (κ2) is 8.64. The quantitative estimate of drug-likeness (QED) is 0.501. The van der Waals surface area contributed by atoms with Gasteiger partial charge >= 0.3 is 0 Å². The molecule has 0 bridgehead atoms. The molecule has 34 heavy (non-hydrogen) atoms. The molecule has 0 spiro atoms. The summed E-state index contributed by atoms with van der Waals surface area (Å²) in [5.41, 5.74) is 12.1. The van der Waals surface area contributed by atoms with Crippen LogP contribution in [-0.4, -0.2) is 73.9 Å². The largest absolute Gasteiger partial charge is 0.383 e. The molecule has 1 aliphatic rings. The molecule has 0 aromatic carbocycles. The van der Waals surface area contributed by atoms with E-state index in [1.54, 1.807) is 25.2 Å². The van der Waals surface area contributed by atoms with Crippen molar-refractivity contribution in [3.05, 3.63) is 42.0 Å². The number of hydrogen-bond donors (Lipinski definition) is 1. The van der Waals surface area contributed by atoms with Crippen molar-refractivity contribution in [3.63, 3.8) is 0 Å². The highest BCUT2D eigenvalue weighted by atomic mass is 16.2. The number of likely N-dealkylation sites (N-methyl/N-ethyl adjacent to an activating group) is 1. The molecule has 5 heterocycles. The second-order valence-corrected chi connectivity index (χ2v) is 9.31. The normalized spacial score (nSPS) is 15.3. The number of anilines is 1. The molecule has 1 saturated heterocycles. The SMILES string of the molecule is Cc1cc(-c2ccc3ncc4nc(C)n(C5CCN(CC(=O)N(C)C)CC5)c4c3n2)cnc1N. The molecular formula is C25H30N8O. The van der Waals surface area contributed by atoms with Crippen molar-refractivity contribution in [3.8, 4) is 11.3 Å². The standard InChI is InChI=1S/C25H30N8O/c1-15-11-17(12-28-25(15)26)19-5-6-20-23(30-19)24-21(13-27-20)29-16(2)33(24)18-7-9-32(10-8-18)14-22(34)31(3)4/h5-6,11-13,18H,7-10,14H2,1-4H3,(H2,26,28). The minimum Gasteiger partial charge on any atom is -0.383 e. The monoisotopic (exact) mass is 458 g/mol. The number of aromatic nitrogens is 5. The van der Waals surface area contributed by atoms with Gasteiger partial charge in [-0.15, -0.1) is 0 Å². The van der Waals surface area contributed by atoms with E-state index in [9.17, 15) is 4.79 Å². The highest BCUT2D eigenvalue weighted by Gasteiger charge is 2.26. The summed E-state index contributed by atoms with van der Waals surface area (Å²) in [5.74, 6) is 1.63. The third kappa shape index (κ3) is 3.96. The van der Waals surface area contributed by atoms with E-state index < -0.39 is 0 Å². The zero-order valence-corrected chi connectivity index (χ0v) is 20.1. The van der Waals surface area contributed by atoms with Gasteiger partial charge in [-0.1, -0.05) is 0 Å². The van der Waals surface area contributed by atoms with E-state index in [4.69, 9.17) is 15.7 Å². The van der Waals surface area contributed by atoms with Gasteiger partial charge in [-0.3, -0.25) is 14.7 Å². The Bertz CT molecular complexity index is 1380. The van der Waals surface area contributed by atoms with Crippen LogP contribution in [0, 0.1) is 13.8 Å². The minimum atomic E-state index is 0.143. The Morgan fingerprint density at radius 1 is 1.09 bits per heavy atom. The van der Waals surface area contributed by atoms with Crippen LogP contribution in [-0.2, 0) is 4.79 Å². The number of likely N-dealkylation sites (tertiary alicyclic amines) is 1. The number of nitrogens with two attached hydrogens (primary N) is 1. The number of carbonyl (C=O) groups excluding carboxylic acids is 1. The zero-order chi connectivity index (χ0) is 24.0. The Morgan fingerprint density at radius 2 is 1.85 bits per heavy atom. The van der Waals surface area contributed by atoms with Crippen molar-refractivity contribution in [2.45, 2.75) is 32.7 Å². The number of carbonyl (C=O) groups is 1. The van der Waals surface area contributed by atoms with Crippen LogP contribution < -0.4 is 5.73 Å². The summed E-state index contributed by atoms with van der Waals surface area (Å²) in [6, 6.07) is 6.29. The fraction of sp³-hybridized carbons (Fsp3) is 0.400. The molecule has 0 unspecified atom stereocenters. The Hall–Kier alpha value is -3.59. The highest BCUT2D eigenvalue weighted by molar-refractivity contribution is 6.00. The number of nitrogens with zero attached hydrogens (tertiary/aromatic N) is 7. The topological polar surface area (TPSA) is 106 Å². The molecule has 4 aromatic heterocycles. The molecule has 1 fully saturated rings. The lowest BCUT2D eigenvalue weighted by Crippen LogP contribution is -2.41. The number of amides is 1. The van der Waals surface area contributed by atoms with Crippen LogP contribution in [0.1, 0.15) is 30.3 Å². The van der Waals surface area contributed by atoms with Crippen molar-refractivity contribution in [2.75, 3.05) is 39.5 Å². The zero-order valence-electron chi connectivity index (χ0n) is 20.1. The van der Waals surface area contributed by atoms with E-state index in [1.165, 1.54) is 0 Å². The molecule has 4 aromatic rings. The maximum absolute atomic E-state index is 12.1. The smallest absolute Gasteiger partial charge is 0.236 e. The van der Waals surface area contributed by atoms with Crippen LogP contribution in [0.4, 0.5) is 5.82 Å². The molecule has 5 rings (SSSR count). The highest BCUT2D eigenvalue weighted by Crippen LogP contribution is 2.32. The molecule has 9 nitrogen and oxygen atoms in total.